The molecule has 0 aliphatic carbocycles. The molecule has 0 fully saturated rings. The van der Waals surface area contributed by atoms with E-state index in [0.29, 0.717) is 17.0 Å². The van der Waals surface area contributed by atoms with E-state index in [9.17, 15) is 9.59 Å². The molecule has 6 heteroatoms. The molecule has 0 aliphatic rings. The summed E-state index contributed by atoms with van der Waals surface area (Å²) >= 11 is 0. The molecule has 0 saturated heterocycles. The highest BCUT2D eigenvalue weighted by molar-refractivity contribution is 5.97. The van der Waals surface area contributed by atoms with Crippen LogP contribution in [-0.2, 0) is 9.53 Å². The average molecular weight is 313 g/mol. The third-order valence-electron chi connectivity index (χ3n) is 3.19. The number of hydrogen-bond donors (Lipinski definition) is 1. The van der Waals surface area contributed by atoms with E-state index in [0.717, 1.165) is 5.56 Å². The zero-order chi connectivity index (χ0) is 16.8. The van der Waals surface area contributed by atoms with Crippen molar-refractivity contribution in [3.8, 4) is 11.4 Å². The molecule has 2 heterocycles. The topological polar surface area (TPSA) is 81.2 Å². The number of carbonyl (C=O) groups excluding carboxylic acids is 2. The van der Waals surface area contributed by atoms with Gasteiger partial charge in [0.2, 0.25) is 0 Å². The fourth-order valence-corrected chi connectivity index (χ4v) is 1.99. The van der Waals surface area contributed by atoms with Crippen molar-refractivity contribution in [2.24, 2.45) is 0 Å². The van der Waals surface area contributed by atoms with Crippen molar-refractivity contribution in [1.29, 1.82) is 0 Å². The molecule has 0 aromatic carbocycles. The Labute approximate surface area is 134 Å². The first-order chi connectivity index (χ1) is 11.0. The summed E-state index contributed by atoms with van der Waals surface area (Å²) < 4.78 is 4.87. The number of aryl methyl sites for hydroxylation is 1. The molecule has 2 aromatic rings. The van der Waals surface area contributed by atoms with Crippen LogP contribution >= 0.6 is 0 Å². The van der Waals surface area contributed by atoms with Crippen LogP contribution < -0.4 is 5.32 Å². The largest absolute Gasteiger partial charge is 0.464 e. The number of ether oxygens (including phenoxy) is 1. The molecular weight excluding hydrogens is 294 g/mol. The Kier molecular flexibility index (Phi) is 5.41. The van der Waals surface area contributed by atoms with Crippen LogP contribution in [0.5, 0.6) is 0 Å². The Balaban J connectivity index is 2.16. The average Bonchev–Trinajstić information content (AvgIpc) is 2.55. The fourth-order valence-electron chi connectivity index (χ4n) is 1.99. The third kappa shape index (κ3) is 4.35. The zero-order valence-corrected chi connectivity index (χ0v) is 13.4. The number of rotatable bonds is 5. The summed E-state index contributed by atoms with van der Waals surface area (Å²) in [4.78, 5) is 32.3. The van der Waals surface area contributed by atoms with E-state index in [2.05, 4.69) is 15.3 Å². The highest BCUT2D eigenvalue weighted by atomic mass is 16.5. The number of nitrogens with zero attached hydrogens (tertiary/aromatic N) is 2. The standard InChI is InChI=1S/C17H19N3O3/c1-4-23-17(22)12(3)20-16(21)13-6-8-19-15(10-13)14-9-11(2)5-7-18-14/h5-10,12H,4H2,1-3H3,(H,20,21). The summed E-state index contributed by atoms with van der Waals surface area (Å²) in [5.41, 5.74) is 2.76. The molecular formula is C17H19N3O3. The number of nitrogens with one attached hydrogen (secondary N) is 1. The molecule has 0 saturated carbocycles. The van der Waals surface area contributed by atoms with Crippen LogP contribution in [0.2, 0.25) is 0 Å². The van der Waals surface area contributed by atoms with Gasteiger partial charge in [-0.15, -0.1) is 0 Å². The quantitative estimate of drug-likeness (QED) is 0.855. The van der Waals surface area contributed by atoms with Crippen LogP contribution in [0.1, 0.15) is 29.8 Å². The molecule has 6 nitrogen and oxygen atoms in total. The number of esters is 1. The molecule has 1 amide bonds. The number of pyridine rings is 2. The number of amides is 1. The molecule has 1 atom stereocenters. The lowest BCUT2D eigenvalue weighted by atomic mass is 10.1. The van der Waals surface area contributed by atoms with Gasteiger partial charge in [0.1, 0.15) is 6.04 Å². The molecule has 23 heavy (non-hydrogen) atoms. The van der Waals surface area contributed by atoms with E-state index in [-0.39, 0.29) is 12.5 Å². The Hall–Kier alpha value is -2.76. The van der Waals surface area contributed by atoms with Gasteiger partial charge in [-0.2, -0.15) is 0 Å². The van der Waals surface area contributed by atoms with Crippen LogP contribution in [0.25, 0.3) is 11.4 Å². The van der Waals surface area contributed by atoms with Gasteiger partial charge in [0.05, 0.1) is 18.0 Å². The fraction of sp³-hybridized carbons (Fsp3) is 0.294. The lowest BCUT2D eigenvalue weighted by Crippen LogP contribution is -2.39. The van der Waals surface area contributed by atoms with Crippen molar-refractivity contribution in [1.82, 2.24) is 15.3 Å². The van der Waals surface area contributed by atoms with E-state index in [1.165, 1.54) is 0 Å². The first-order valence-corrected chi connectivity index (χ1v) is 7.38. The van der Waals surface area contributed by atoms with Crippen molar-refractivity contribution in [2.75, 3.05) is 6.61 Å². The van der Waals surface area contributed by atoms with E-state index in [1.807, 2.05) is 19.1 Å². The Bertz CT molecular complexity index is 716. The minimum atomic E-state index is -0.712. The maximum atomic E-state index is 12.2. The molecule has 0 bridgehead atoms. The molecule has 0 aliphatic heterocycles. The van der Waals surface area contributed by atoms with E-state index < -0.39 is 12.0 Å². The zero-order valence-electron chi connectivity index (χ0n) is 13.4. The summed E-state index contributed by atoms with van der Waals surface area (Å²) in [5.74, 6) is -0.822. The van der Waals surface area contributed by atoms with Crippen LogP contribution in [0.15, 0.2) is 36.7 Å². The monoisotopic (exact) mass is 313 g/mol. The van der Waals surface area contributed by atoms with Crippen molar-refractivity contribution in [2.45, 2.75) is 26.8 Å². The summed E-state index contributed by atoms with van der Waals surface area (Å²) in [5, 5.41) is 2.61. The van der Waals surface area contributed by atoms with Gasteiger partial charge in [-0.3, -0.25) is 14.8 Å². The first-order valence-electron chi connectivity index (χ1n) is 7.38. The van der Waals surface area contributed by atoms with Gasteiger partial charge in [0.25, 0.3) is 5.91 Å². The number of aromatic nitrogens is 2. The number of hydrogen-bond acceptors (Lipinski definition) is 5. The van der Waals surface area contributed by atoms with Crippen LogP contribution in [0.4, 0.5) is 0 Å². The van der Waals surface area contributed by atoms with Gasteiger partial charge in [0, 0.05) is 18.0 Å². The highest BCUT2D eigenvalue weighted by Crippen LogP contribution is 2.16. The normalized spacial score (nSPS) is 11.6. The van der Waals surface area contributed by atoms with Gasteiger partial charge in [0.15, 0.2) is 0 Å². The highest BCUT2D eigenvalue weighted by Gasteiger charge is 2.18. The molecule has 0 radical (unpaired) electrons. The molecule has 1 unspecified atom stereocenters. The molecule has 1 N–H and O–H groups in total. The lowest BCUT2D eigenvalue weighted by molar-refractivity contribution is -0.144. The van der Waals surface area contributed by atoms with Gasteiger partial charge >= 0.3 is 5.97 Å². The van der Waals surface area contributed by atoms with E-state index in [1.54, 1.807) is 38.4 Å². The molecule has 2 aromatic heterocycles. The summed E-state index contributed by atoms with van der Waals surface area (Å²) in [6.45, 7) is 5.54. The van der Waals surface area contributed by atoms with Gasteiger partial charge in [-0.1, -0.05) is 0 Å². The number of carbonyl (C=O) groups is 2. The van der Waals surface area contributed by atoms with Crippen molar-refractivity contribution >= 4 is 11.9 Å². The maximum absolute atomic E-state index is 12.2. The Morgan fingerprint density at radius 1 is 1.17 bits per heavy atom. The summed E-state index contributed by atoms with van der Waals surface area (Å²) in [6, 6.07) is 6.31. The van der Waals surface area contributed by atoms with Gasteiger partial charge < -0.3 is 10.1 Å². The van der Waals surface area contributed by atoms with E-state index >= 15 is 0 Å². The van der Waals surface area contributed by atoms with Crippen LogP contribution in [0.3, 0.4) is 0 Å². The molecule has 2 rings (SSSR count). The minimum absolute atomic E-state index is 0.275. The lowest BCUT2D eigenvalue weighted by Gasteiger charge is -2.12. The SMILES string of the molecule is CCOC(=O)C(C)NC(=O)c1ccnc(-c2cc(C)ccn2)c1. The minimum Gasteiger partial charge on any atom is -0.464 e. The summed E-state index contributed by atoms with van der Waals surface area (Å²) in [6.07, 6.45) is 3.24. The maximum Gasteiger partial charge on any atom is 0.328 e. The first kappa shape index (κ1) is 16.6. The van der Waals surface area contributed by atoms with Crippen molar-refractivity contribution < 1.29 is 14.3 Å². The second kappa shape index (κ2) is 7.49. The molecule has 120 valence electrons. The second-order valence-electron chi connectivity index (χ2n) is 5.10. The van der Waals surface area contributed by atoms with E-state index in [4.69, 9.17) is 4.74 Å². The van der Waals surface area contributed by atoms with Gasteiger partial charge in [-0.25, -0.2) is 4.79 Å². The van der Waals surface area contributed by atoms with Gasteiger partial charge in [-0.05, 0) is 50.6 Å². The molecule has 0 spiro atoms. The predicted molar refractivity (Wildman–Crippen MR) is 85.8 cm³/mol. The Morgan fingerprint density at radius 2 is 1.83 bits per heavy atom. The van der Waals surface area contributed by atoms with Crippen LogP contribution in [-0.4, -0.2) is 34.5 Å². The summed E-state index contributed by atoms with van der Waals surface area (Å²) in [7, 11) is 0. The second-order valence-corrected chi connectivity index (χ2v) is 5.10. The smallest absolute Gasteiger partial charge is 0.328 e. The predicted octanol–water partition coefficient (Wildman–Crippen LogP) is 2.13. The van der Waals surface area contributed by atoms with Crippen molar-refractivity contribution in [3.63, 3.8) is 0 Å². The van der Waals surface area contributed by atoms with Crippen LogP contribution in [0, 0.1) is 6.92 Å². The Morgan fingerprint density at radius 3 is 2.48 bits per heavy atom. The van der Waals surface area contributed by atoms with Crippen molar-refractivity contribution in [3.05, 3.63) is 47.8 Å². The third-order valence-corrected chi connectivity index (χ3v) is 3.19.